The van der Waals surface area contributed by atoms with Crippen LogP contribution in [0.15, 0.2) is 0 Å². The van der Waals surface area contributed by atoms with Gasteiger partial charge in [-0.15, -0.1) is 0 Å². The lowest BCUT2D eigenvalue weighted by Crippen LogP contribution is -2.37. The number of amides is 1. The summed E-state index contributed by atoms with van der Waals surface area (Å²) in [6, 6.07) is 0. The molecule has 0 heterocycles. The van der Waals surface area contributed by atoms with Gasteiger partial charge in [0.15, 0.2) is 0 Å². The van der Waals surface area contributed by atoms with E-state index in [1.165, 1.54) is 95.0 Å². The zero-order chi connectivity index (χ0) is 21.6. The number of hydrogen-bond donors (Lipinski definition) is 1. The fourth-order valence-electron chi connectivity index (χ4n) is 3.51. The minimum absolute atomic E-state index is 0.234. The lowest BCUT2D eigenvalue weighted by molar-refractivity contribution is -0.870. The van der Waals surface area contributed by atoms with Gasteiger partial charge in [-0.1, -0.05) is 77.6 Å². The van der Waals surface area contributed by atoms with E-state index in [1.807, 2.05) is 0 Å². The molecule has 1 amide bonds. The van der Waals surface area contributed by atoms with E-state index < -0.39 is 0 Å². The fourth-order valence-corrected chi connectivity index (χ4v) is 4.53. The molecule has 0 aliphatic rings. The standard InChI is InChI=1S/C25H52N2OS/c1-5-6-7-8-9-10-11-12-13-14-15-17-23-29-24-18-16-20-25(28)26-21-19-22-27(2,3)4/h5-24H2,1-4H3/p+1. The number of hydrogen-bond acceptors (Lipinski definition) is 2. The van der Waals surface area contributed by atoms with Gasteiger partial charge in [-0.2, -0.15) is 11.8 Å². The van der Waals surface area contributed by atoms with Crippen LogP contribution in [0.2, 0.25) is 0 Å². The summed E-state index contributed by atoms with van der Waals surface area (Å²) in [5.41, 5.74) is 0. The minimum atomic E-state index is 0.234. The molecule has 0 bridgehead atoms. The summed E-state index contributed by atoms with van der Waals surface area (Å²) in [5.74, 6) is 2.75. The van der Waals surface area contributed by atoms with Crippen LogP contribution in [0.1, 0.15) is 110 Å². The van der Waals surface area contributed by atoms with Gasteiger partial charge in [0.1, 0.15) is 0 Å². The van der Waals surface area contributed by atoms with Crippen molar-refractivity contribution in [1.29, 1.82) is 0 Å². The van der Waals surface area contributed by atoms with E-state index in [1.54, 1.807) is 0 Å². The average molecular weight is 430 g/mol. The smallest absolute Gasteiger partial charge is 0.219 e. The third kappa shape index (κ3) is 25.7. The maximum atomic E-state index is 11.8. The SMILES string of the molecule is CCCCCCCCCCCCCCSCCCCC(=O)NCCC[N+](C)(C)C. The Morgan fingerprint density at radius 3 is 1.69 bits per heavy atom. The molecule has 0 spiro atoms. The van der Waals surface area contributed by atoms with Crippen LogP contribution in [-0.2, 0) is 4.79 Å². The normalized spacial score (nSPS) is 11.7. The molecule has 0 aromatic heterocycles. The first kappa shape index (κ1) is 28.8. The maximum absolute atomic E-state index is 11.8. The van der Waals surface area contributed by atoms with Gasteiger partial charge >= 0.3 is 0 Å². The molecule has 0 aromatic carbocycles. The minimum Gasteiger partial charge on any atom is -0.356 e. The highest BCUT2D eigenvalue weighted by atomic mass is 32.2. The summed E-state index contributed by atoms with van der Waals surface area (Å²) in [4.78, 5) is 11.8. The molecule has 29 heavy (non-hydrogen) atoms. The van der Waals surface area contributed by atoms with Crippen LogP contribution in [0.25, 0.3) is 0 Å². The van der Waals surface area contributed by atoms with Gasteiger partial charge in [-0.25, -0.2) is 0 Å². The lowest BCUT2D eigenvalue weighted by atomic mass is 10.1. The van der Waals surface area contributed by atoms with Crippen molar-refractivity contribution in [3.63, 3.8) is 0 Å². The molecule has 1 N–H and O–H groups in total. The highest BCUT2D eigenvalue weighted by Crippen LogP contribution is 2.14. The summed E-state index contributed by atoms with van der Waals surface area (Å²) in [7, 11) is 6.57. The quantitative estimate of drug-likeness (QED) is 0.151. The third-order valence-corrected chi connectivity index (χ3v) is 6.57. The Balaban J connectivity index is 3.15. The van der Waals surface area contributed by atoms with Crippen molar-refractivity contribution in [2.24, 2.45) is 0 Å². The molecule has 0 saturated heterocycles. The molecule has 0 aromatic rings. The van der Waals surface area contributed by atoms with Gasteiger partial charge in [0.2, 0.25) is 5.91 Å². The van der Waals surface area contributed by atoms with Crippen LogP contribution in [0.4, 0.5) is 0 Å². The molecule has 0 atom stereocenters. The first-order valence-corrected chi connectivity index (χ1v) is 13.8. The molecular formula is C25H53N2OS+. The Morgan fingerprint density at radius 2 is 1.17 bits per heavy atom. The molecule has 3 nitrogen and oxygen atoms in total. The van der Waals surface area contributed by atoms with E-state index in [2.05, 4.69) is 45.1 Å². The lowest BCUT2D eigenvalue weighted by Gasteiger charge is -2.23. The summed E-state index contributed by atoms with van der Waals surface area (Å²) >= 11 is 2.08. The van der Waals surface area contributed by atoms with Crippen molar-refractivity contribution in [2.75, 3.05) is 45.7 Å². The number of nitrogens with one attached hydrogen (secondary N) is 1. The van der Waals surface area contributed by atoms with E-state index in [0.29, 0.717) is 6.42 Å². The van der Waals surface area contributed by atoms with E-state index >= 15 is 0 Å². The van der Waals surface area contributed by atoms with E-state index in [9.17, 15) is 4.79 Å². The zero-order valence-electron chi connectivity index (χ0n) is 20.4. The Hall–Kier alpha value is -0.220. The molecule has 0 saturated carbocycles. The number of unbranched alkanes of at least 4 members (excludes halogenated alkanes) is 12. The predicted octanol–water partition coefficient (Wildman–Crippen LogP) is 6.80. The molecule has 0 aliphatic carbocycles. The Morgan fingerprint density at radius 1 is 0.690 bits per heavy atom. The molecule has 0 rings (SSSR count). The van der Waals surface area contributed by atoms with Crippen LogP contribution < -0.4 is 5.32 Å². The summed E-state index contributed by atoms with van der Waals surface area (Å²) in [6.07, 6.45) is 21.1. The van der Waals surface area contributed by atoms with Crippen LogP contribution in [0.5, 0.6) is 0 Å². The number of thioether (sulfide) groups is 1. The van der Waals surface area contributed by atoms with Crippen molar-refractivity contribution in [3.8, 4) is 0 Å². The van der Waals surface area contributed by atoms with E-state index in [0.717, 1.165) is 30.4 Å². The molecule has 0 unspecified atom stereocenters. The number of nitrogens with zero attached hydrogens (tertiary/aromatic N) is 1. The largest absolute Gasteiger partial charge is 0.356 e. The topological polar surface area (TPSA) is 29.1 Å². The number of quaternary nitrogens is 1. The van der Waals surface area contributed by atoms with Crippen molar-refractivity contribution in [1.82, 2.24) is 5.32 Å². The van der Waals surface area contributed by atoms with Gasteiger partial charge in [-0.3, -0.25) is 4.79 Å². The number of rotatable bonds is 22. The molecule has 0 fully saturated rings. The molecule has 0 aliphatic heterocycles. The Bertz CT molecular complexity index is 355. The Labute approximate surface area is 187 Å². The highest BCUT2D eigenvalue weighted by Gasteiger charge is 2.06. The first-order valence-electron chi connectivity index (χ1n) is 12.6. The van der Waals surface area contributed by atoms with E-state index in [-0.39, 0.29) is 5.91 Å². The monoisotopic (exact) mass is 429 g/mol. The summed E-state index contributed by atoms with van der Waals surface area (Å²) in [6.45, 7) is 4.22. The first-order chi connectivity index (χ1) is 14.0. The van der Waals surface area contributed by atoms with E-state index in [4.69, 9.17) is 0 Å². The summed E-state index contributed by atoms with van der Waals surface area (Å²) in [5, 5.41) is 3.05. The maximum Gasteiger partial charge on any atom is 0.219 e. The molecule has 4 heteroatoms. The van der Waals surface area contributed by atoms with Crippen LogP contribution in [0, 0.1) is 0 Å². The van der Waals surface area contributed by atoms with Crippen LogP contribution in [0.3, 0.4) is 0 Å². The molecule has 0 radical (unpaired) electrons. The van der Waals surface area contributed by atoms with Crippen LogP contribution >= 0.6 is 11.8 Å². The van der Waals surface area contributed by atoms with Crippen LogP contribution in [-0.4, -0.2) is 56.1 Å². The third-order valence-electron chi connectivity index (χ3n) is 5.41. The summed E-state index contributed by atoms with van der Waals surface area (Å²) < 4.78 is 0.965. The van der Waals surface area contributed by atoms with Gasteiger partial charge in [0, 0.05) is 19.4 Å². The number of carbonyl (C=O) groups excluding carboxylic acids is 1. The predicted molar refractivity (Wildman–Crippen MR) is 133 cm³/mol. The second-order valence-corrected chi connectivity index (χ2v) is 10.9. The zero-order valence-corrected chi connectivity index (χ0v) is 21.2. The number of carbonyl (C=O) groups is 1. The Kier molecular flexibility index (Phi) is 20.9. The fraction of sp³-hybridized carbons (Fsp3) is 0.960. The molecule has 174 valence electrons. The van der Waals surface area contributed by atoms with Gasteiger partial charge in [0.05, 0.1) is 27.7 Å². The van der Waals surface area contributed by atoms with Crippen molar-refractivity contribution >= 4 is 17.7 Å². The average Bonchev–Trinajstić information content (AvgIpc) is 2.67. The van der Waals surface area contributed by atoms with Gasteiger partial charge in [-0.05, 0) is 30.8 Å². The van der Waals surface area contributed by atoms with Crippen molar-refractivity contribution < 1.29 is 9.28 Å². The highest BCUT2D eigenvalue weighted by molar-refractivity contribution is 7.99. The molecular weight excluding hydrogens is 376 g/mol. The van der Waals surface area contributed by atoms with Crippen molar-refractivity contribution in [2.45, 2.75) is 110 Å². The van der Waals surface area contributed by atoms with Crippen molar-refractivity contribution in [3.05, 3.63) is 0 Å². The van der Waals surface area contributed by atoms with Gasteiger partial charge < -0.3 is 9.80 Å². The van der Waals surface area contributed by atoms with Gasteiger partial charge in [0.25, 0.3) is 0 Å². The second-order valence-electron chi connectivity index (χ2n) is 9.68. The second kappa shape index (κ2) is 21.0.